The third-order valence-corrected chi connectivity index (χ3v) is 6.21. The van der Waals surface area contributed by atoms with Crippen molar-refractivity contribution in [2.24, 2.45) is 0 Å². The largest absolute Gasteiger partial charge is 0.388 e. The molecule has 2 aromatic carbocycles. The number of aliphatic hydroxyl groups excluding tert-OH is 1. The van der Waals surface area contributed by atoms with Crippen LogP contribution in [0.3, 0.4) is 0 Å². The van der Waals surface area contributed by atoms with Crippen LogP contribution in [0.2, 0.25) is 5.02 Å². The molecule has 4 rings (SSSR count). The highest BCUT2D eigenvalue weighted by Crippen LogP contribution is 2.36. The summed E-state index contributed by atoms with van der Waals surface area (Å²) in [6.07, 6.45) is 2.02. The van der Waals surface area contributed by atoms with E-state index in [-0.39, 0.29) is 11.8 Å². The van der Waals surface area contributed by atoms with E-state index < -0.39 is 6.10 Å². The smallest absolute Gasteiger partial charge is 0.270 e. The van der Waals surface area contributed by atoms with E-state index in [0.29, 0.717) is 51.2 Å². The van der Waals surface area contributed by atoms with Gasteiger partial charge in [-0.2, -0.15) is 0 Å². The number of aromatic nitrogens is 1. The van der Waals surface area contributed by atoms with Crippen LogP contribution in [-0.4, -0.2) is 28.4 Å². The summed E-state index contributed by atoms with van der Waals surface area (Å²) in [5.41, 5.74) is 2.72. The molecule has 0 saturated heterocycles. The number of nitrogens with one attached hydrogen (secondary N) is 1. The Morgan fingerprint density at radius 2 is 2.07 bits per heavy atom. The fourth-order valence-electron chi connectivity index (χ4n) is 3.52. The molecule has 0 saturated carbocycles. The molecule has 1 atom stereocenters. The van der Waals surface area contributed by atoms with Gasteiger partial charge in [-0.1, -0.05) is 41.1 Å². The van der Waals surface area contributed by atoms with Crippen LogP contribution in [0, 0.1) is 6.92 Å². The van der Waals surface area contributed by atoms with E-state index in [1.165, 1.54) is 6.20 Å². The van der Waals surface area contributed by atoms with Crippen molar-refractivity contribution in [1.82, 2.24) is 4.98 Å². The van der Waals surface area contributed by atoms with Gasteiger partial charge < -0.3 is 10.0 Å². The number of halogens is 1. The summed E-state index contributed by atoms with van der Waals surface area (Å²) < 4.78 is 0. The molecule has 154 valence electrons. The lowest BCUT2D eigenvalue weighted by molar-refractivity contribution is 0.0988. The van der Waals surface area contributed by atoms with Gasteiger partial charge in [-0.3, -0.25) is 14.9 Å². The van der Waals surface area contributed by atoms with E-state index in [1.807, 2.05) is 19.1 Å². The topological polar surface area (TPSA) is 82.5 Å². The molecule has 2 amide bonds. The molecule has 0 bridgehead atoms. The Morgan fingerprint density at radius 1 is 1.27 bits per heavy atom. The van der Waals surface area contributed by atoms with Crippen LogP contribution in [0.1, 0.15) is 50.1 Å². The zero-order valence-corrected chi connectivity index (χ0v) is 17.8. The molecule has 2 heterocycles. The second-order valence-electron chi connectivity index (χ2n) is 7.12. The van der Waals surface area contributed by atoms with Gasteiger partial charge in [0.25, 0.3) is 11.8 Å². The van der Waals surface area contributed by atoms with Gasteiger partial charge in [0.05, 0.1) is 12.3 Å². The van der Waals surface area contributed by atoms with Crippen molar-refractivity contribution < 1.29 is 14.7 Å². The van der Waals surface area contributed by atoms with Crippen LogP contribution in [0.5, 0.6) is 0 Å². The van der Waals surface area contributed by atoms with Crippen molar-refractivity contribution in [1.29, 1.82) is 0 Å². The minimum Gasteiger partial charge on any atom is -0.388 e. The fraction of sp³-hybridized carbons (Fsp3) is 0.227. The second kappa shape index (κ2) is 8.55. The third-order valence-electron chi connectivity index (χ3n) is 5.07. The van der Waals surface area contributed by atoms with Crippen LogP contribution in [0.15, 0.2) is 48.7 Å². The second-order valence-corrected chi connectivity index (χ2v) is 8.58. The van der Waals surface area contributed by atoms with Gasteiger partial charge in [-0.15, -0.1) is 0 Å². The predicted octanol–water partition coefficient (Wildman–Crippen LogP) is 4.83. The van der Waals surface area contributed by atoms with Crippen LogP contribution in [0.25, 0.3) is 0 Å². The lowest BCUT2D eigenvalue weighted by Gasteiger charge is -2.22. The van der Waals surface area contributed by atoms with E-state index in [2.05, 4.69) is 10.3 Å². The van der Waals surface area contributed by atoms with E-state index in [4.69, 9.17) is 11.6 Å². The molecule has 1 aliphatic heterocycles. The molecule has 1 unspecified atom stereocenters. The quantitative estimate of drug-likeness (QED) is 0.609. The number of rotatable bonds is 3. The Balaban J connectivity index is 1.57. The van der Waals surface area contributed by atoms with Crippen molar-refractivity contribution in [2.45, 2.75) is 25.9 Å². The molecule has 6 nitrogen and oxygen atoms in total. The summed E-state index contributed by atoms with van der Waals surface area (Å²) in [5, 5.41) is 14.1. The van der Waals surface area contributed by atoms with Crippen molar-refractivity contribution in [3.05, 3.63) is 75.3 Å². The first-order valence-corrected chi connectivity index (χ1v) is 10.8. The van der Waals surface area contributed by atoms with Crippen molar-refractivity contribution in [3.63, 3.8) is 0 Å². The van der Waals surface area contributed by atoms with E-state index in [0.717, 1.165) is 16.9 Å². The highest BCUT2D eigenvalue weighted by molar-refractivity contribution is 7.17. The number of nitrogens with zero attached hydrogens (tertiary/aromatic N) is 2. The first-order valence-electron chi connectivity index (χ1n) is 9.56. The molecule has 0 aliphatic carbocycles. The molecule has 30 heavy (non-hydrogen) atoms. The van der Waals surface area contributed by atoms with E-state index in [9.17, 15) is 14.7 Å². The Hall–Kier alpha value is -2.74. The minimum absolute atomic E-state index is 0.221. The highest BCUT2D eigenvalue weighted by atomic mass is 35.5. The van der Waals surface area contributed by atoms with Gasteiger partial charge in [-0.25, -0.2) is 4.98 Å². The lowest BCUT2D eigenvalue weighted by atomic mass is 10.0. The first-order chi connectivity index (χ1) is 14.4. The molecule has 0 radical (unpaired) electrons. The summed E-state index contributed by atoms with van der Waals surface area (Å²) in [6, 6.07) is 12.4. The van der Waals surface area contributed by atoms with Crippen molar-refractivity contribution in [2.75, 3.05) is 16.8 Å². The third kappa shape index (κ3) is 4.09. The fourth-order valence-corrected chi connectivity index (χ4v) is 4.46. The summed E-state index contributed by atoms with van der Waals surface area (Å²) in [7, 11) is 0. The number of hydrogen-bond acceptors (Lipinski definition) is 5. The number of benzene rings is 2. The number of aryl methyl sites for hydroxylation is 1. The number of aliphatic hydroxyl groups is 1. The Bertz CT molecular complexity index is 1110. The van der Waals surface area contributed by atoms with Gasteiger partial charge in [0.2, 0.25) is 0 Å². The summed E-state index contributed by atoms with van der Waals surface area (Å²) in [6.45, 7) is 2.34. The maximum absolute atomic E-state index is 13.2. The summed E-state index contributed by atoms with van der Waals surface area (Å²) in [4.78, 5) is 32.0. The molecular formula is C22H20ClN3O3S. The lowest BCUT2D eigenvalue weighted by Crippen LogP contribution is -2.31. The SMILES string of the molecule is Cc1ccccc1C(=O)Nc1ncc(C(=O)N2CCCC(O)c3cc(Cl)ccc32)s1. The monoisotopic (exact) mass is 441 g/mol. The molecule has 3 aromatic rings. The van der Waals surface area contributed by atoms with Crippen LogP contribution < -0.4 is 10.2 Å². The number of hydrogen-bond donors (Lipinski definition) is 2. The number of carbonyl (C=O) groups is 2. The van der Waals surface area contributed by atoms with Gasteiger partial charge in [-0.05, 0) is 49.6 Å². The number of thiazole rings is 1. The van der Waals surface area contributed by atoms with Gasteiger partial charge in [0, 0.05) is 28.4 Å². The minimum atomic E-state index is -0.665. The summed E-state index contributed by atoms with van der Waals surface area (Å²) in [5.74, 6) is -0.485. The molecular weight excluding hydrogens is 422 g/mol. The van der Waals surface area contributed by atoms with E-state index in [1.54, 1.807) is 35.2 Å². The maximum Gasteiger partial charge on any atom is 0.270 e. The van der Waals surface area contributed by atoms with E-state index >= 15 is 0 Å². The van der Waals surface area contributed by atoms with Gasteiger partial charge >= 0.3 is 0 Å². The molecule has 1 aliphatic rings. The average molecular weight is 442 g/mol. The number of amides is 2. The van der Waals surface area contributed by atoms with Gasteiger partial charge in [0.1, 0.15) is 4.88 Å². The van der Waals surface area contributed by atoms with Crippen molar-refractivity contribution in [3.8, 4) is 0 Å². The molecule has 0 fully saturated rings. The normalized spacial score (nSPS) is 16.0. The number of fused-ring (bicyclic) bond motifs is 1. The molecule has 1 aromatic heterocycles. The Morgan fingerprint density at radius 3 is 2.87 bits per heavy atom. The van der Waals surface area contributed by atoms with Gasteiger partial charge in [0.15, 0.2) is 5.13 Å². The molecule has 0 spiro atoms. The average Bonchev–Trinajstić information content (AvgIpc) is 3.13. The molecule has 2 N–H and O–H groups in total. The zero-order valence-electron chi connectivity index (χ0n) is 16.3. The standard InChI is InChI=1S/C22H20ClN3O3S/c1-13-5-2-3-6-15(13)20(28)25-22-24-12-19(30-22)21(29)26-10-4-7-18(27)16-11-14(23)8-9-17(16)26/h2-3,5-6,8-9,11-12,18,27H,4,7,10H2,1H3,(H,24,25,28). The Kier molecular flexibility index (Phi) is 5.85. The maximum atomic E-state index is 13.2. The number of carbonyl (C=O) groups excluding carboxylic acids is 2. The highest BCUT2D eigenvalue weighted by Gasteiger charge is 2.27. The molecule has 8 heteroatoms. The van der Waals surface area contributed by atoms with Crippen LogP contribution in [0.4, 0.5) is 10.8 Å². The number of anilines is 2. The first kappa shape index (κ1) is 20.5. The van der Waals surface area contributed by atoms with Crippen LogP contribution in [-0.2, 0) is 0 Å². The summed E-state index contributed by atoms with van der Waals surface area (Å²) >= 11 is 7.22. The van der Waals surface area contributed by atoms with Crippen molar-refractivity contribution >= 4 is 45.6 Å². The predicted molar refractivity (Wildman–Crippen MR) is 119 cm³/mol. The Labute approximate surface area is 183 Å². The zero-order chi connectivity index (χ0) is 21.3. The van der Waals surface area contributed by atoms with Crippen LogP contribution >= 0.6 is 22.9 Å².